The Labute approximate surface area is 116 Å². The fourth-order valence-electron chi connectivity index (χ4n) is 1.89. The minimum absolute atomic E-state index is 0.0339. The Morgan fingerprint density at radius 3 is 3.05 bits per heavy atom. The zero-order chi connectivity index (χ0) is 14.5. The van der Waals surface area contributed by atoms with E-state index in [2.05, 4.69) is 20.4 Å². The van der Waals surface area contributed by atoms with Gasteiger partial charge in [0, 0.05) is 12.7 Å². The van der Waals surface area contributed by atoms with Crippen molar-refractivity contribution in [1.82, 2.24) is 25.1 Å². The minimum Gasteiger partial charge on any atom is -0.342 e. The second-order valence-electron chi connectivity index (χ2n) is 4.39. The van der Waals surface area contributed by atoms with Gasteiger partial charge in [-0.1, -0.05) is 6.92 Å². The van der Waals surface area contributed by atoms with Crippen molar-refractivity contribution in [2.45, 2.75) is 32.9 Å². The van der Waals surface area contributed by atoms with Crippen LogP contribution in [0.3, 0.4) is 0 Å². The average Bonchev–Trinajstić information content (AvgIpc) is 2.88. The molecule has 7 heteroatoms. The molecule has 0 saturated heterocycles. The van der Waals surface area contributed by atoms with E-state index in [1.807, 2.05) is 6.92 Å². The molecule has 0 spiro atoms. The van der Waals surface area contributed by atoms with Gasteiger partial charge < -0.3 is 5.32 Å². The molecule has 0 aromatic carbocycles. The molecule has 0 aliphatic carbocycles. The van der Waals surface area contributed by atoms with Crippen LogP contribution in [0, 0.1) is 5.82 Å². The predicted molar refractivity (Wildman–Crippen MR) is 70.4 cm³/mol. The average molecular weight is 277 g/mol. The summed E-state index contributed by atoms with van der Waals surface area (Å²) >= 11 is 0. The van der Waals surface area contributed by atoms with Gasteiger partial charge >= 0.3 is 0 Å². The van der Waals surface area contributed by atoms with E-state index in [9.17, 15) is 9.18 Å². The number of rotatable bonds is 5. The molecular weight excluding hydrogens is 261 g/mol. The molecule has 0 saturated carbocycles. The first-order valence-corrected chi connectivity index (χ1v) is 6.41. The maximum atomic E-state index is 13.5. The first-order valence-electron chi connectivity index (χ1n) is 6.41. The molecule has 2 aromatic rings. The Balaban J connectivity index is 2.11. The van der Waals surface area contributed by atoms with Gasteiger partial charge in [0.1, 0.15) is 12.2 Å². The highest BCUT2D eigenvalue weighted by molar-refractivity contribution is 5.94. The molecule has 2 heterocycles. The number of carbonyl (C=O) groups excluding carboxylic acids is 1. The van der Waals surface area contributed by atoms with Crippen LogP contribution in [-0.4, -0.2) is 25.7 Å². The summed E-state index contributed by atoms with van der Waals surface area (Å²) < 4.78 is 15.2. The van der Waals surface area contributed by atoms with Gasteiger partial charge in [-0.2, -0.15) is 5.10 Å². The second kappa shape index (κ2) is 6.23. The van der Waals surface area contributed by atoms with Gasteiger partial charge in [0.2, 0.25) is 0 Å². The number of pyridine rings is 1. The summed E-state index contributed by atoms with van der Waals surface area (Å²) in [6.45, 7) is 4.54. The number of halogens is 1. The van der Waals surface area contributed by atoms with Gasteiger partial charge in [-0.3, -0.25) is 9.78 Å². The number of aryl methyl sites for hydroxylation is 1. The fourth-order valence-corrected chi connectivity index (χ4v) is 1.89. The number of hydrogen-bond acceptors (Lipinski definition) is 4. The highest BCUT2D eigenvalue weighted by Crippen LogP contribution is 2.11. The first-order chi connectivity index (χ1) is 9.63. The van der Waals surface area contributed by atoms with E-state index < -0.39 is 11.7 Å². The predicted octanol–water partition coefficient (Wildman–Crippen LogP) is 1.71. The fraction of sp³-hybridized carbons (Fsp3) is 0.385. The van der Waals surface area contributed by atoms with Gasteiger partial charge in [0.25, 0.3) is 5.91 Å². The van der Waals surface area contributed by atoms with E-state index in [1.54, 1.807) is 11.6 Å². The van der Waals surface area contributed by atoms with Crippen molar-refractivity contribution in [3.63, 3.8) is 0 Å². The topological polar surface area (TPSA) is 72.7 Å². The lowest BCUT2D eigenvalue weighted by Crippen LogP contribution is -2.29. The summed E-state index contributed by atoms with van der Waals surface area (Å²) in [5.74, 6) is -0.495. The molecule has 1 amide bonds. The quantitative estimate of drug-likeness (QED) is 0.903. The summed E-state index contributed by atoms with van der Waals surface area (Å²) in [6.07, 6.45) is 4.75. The lowest BCUT2D eigenvalue weighted by molar-refractivity contribution is 0.0933. The molecule has 0 bridgehead atoms. The third-order valence-electron chi connectivity index (χ3n) is 2.83. The highest BCUT2D eigenvalue weighted by Gasteiger charge is 2.18. The number of nitrogens with one attached hydrogen (secondary N) is 1. The largest absolute Gasteiger partial charge is 0.342 e. The summed E-state index contributed by atoms with van der Waals surface area (Å²) in [4.78, 5) is 19.8. The van der Waals surface area contributed by atoms with Crippen LogP contribution >= 0.6 is 0 Å². The second-order valence-corrected chi connectivity index (χ2v) is 4.39. The summed E-state index contributed by atoms with van der Waals surface area (Å²) in [5.41, 5.74) is -0.0339. The molecule has 0 unspecified atom stereocenters. The van der Waals surface area contributed by atoms with Crippen molar-refractivity contribution in [2.75, 3.05) is 0 Å². The van der Waals surface area contributed by atoms with Gasteiger partial charge in [0.15, 0.2) is 5.82 Å². The molecule has 1 N–H and O–H groups in total. The van der Waals surface area contributed by atoms with Crippen LogP contribution in [0.25, 0.3) is 0 Å². The Morgan fingerprint density at radius 1 is 1.55 bits per heavy atom. The summed E-state index contributed by atoms with van der Waals surface area (Å²) in [6, 6.07) is 0.984. The van der Waals surface area contributed by atoms with E-state index in [0.717, 1.165) is 19.2 Å². The third-order valence-corrected chi connectivity index (χ3v) is 2.83. The molecular formula is C13H16FN5O. The van der Waals surface area contributed by atoms with Crippen molar-refractivity contribution in [3.8, 4) is 0 Å². The lowest BCUT2D eigenvalue weighted by Gasteiger charge is -2.14. The van der Waals surface area contributed by atoms with Crippen LogP contribution in [0.2, 0.25) is 0 Å². The molecule has 2 aromatic heterocycles. The Kier molecular flexibility index (Phi) is 4.39. The van der Waals surface area contributed by atoms with Gasteiger partial charge in [0.05, 0.1) is 17.8 Å². The normalized spacial score (nSPS) is 12.2. The van der Waals surface area contributed by atoms with E-state index >= 15 is 0 Å². The number of aromatic nitrogens is 4. The van der Waals surface area contributed by atoms with Crippen LogP contribution < -0.4 is 5.32 Å². The van der Waals surface area contributed by atoms with E-state index in [1.165, 1.54) is 18.6 Å². The van der Waals surface area contributed by atoms with Crippen LogP contribution in [0.5, 0.6) is 0 Å². The van der Waals surface area contributed by atoms with E-state index in [4.69, 9.17) is 0 Å². The molecule has 1 atom stereocenters. The molecule has 20 heavy (non-hydrogen) atoms. The third kappa shape index (κ3) is 2.98. The lowest BCUT2D eigenvalue weighted by atomic mass is 10.2. The molecule has 106 valence electrons. The highest BCUT2D eigenvalue weighted by atomic mass is 19.1. The molecule has 6 nitrogen and oxygen atoms in total. The molecule has 0 aliphatic rings. The van der Waals surface area contributed by atoms with Crippen LogP contribution in [-0.2, 0) is 6.54 Å². The minimum atomic E-state index is -0.646. The maximum Gasteiger partial charge on any atom is 0.254 e. The number of amides is 1. The van der Waals surface area contributed by atoms with Gasteiger partial charge in [-0.25, -0.2) is 14.1 Å². The van der Waals surface area contributed by atoms with Crippen LogP contribution in [0.4, 0.5) is 4.39 Å². The Bertz CT molecular complexity index is 598. The zero-order valence-electron chi connectivity index (χ0n) is 11.4. The Hall–Kier alpha value is -2.31. The molecule has 2 rings (SSSR count). The van der Waals surface area contributed by atoms with Gasteiger partial charge in [-0.05, 0) is 19.4 Å². The van der Waals surface area contributed by atoms with Crippen molar-refractivity contribution >= 4 is 5.91 Å². The number of nitrogens with zero attached hydrogens (tertiary/aromatic N) is 4. The maximum absolute atomic E-state index is 13.5. The first kappa shape index (κ1) is 14.1. The molecule has 0 aliphatic heterocycles. The standard InChI is InChI=1S/C13H16FN5O/c1-3-6-19-12(16-8-17-19)9(2)18-13(20)10-4-5-15-7-11(10)14/h4-5,7-9H,3,6H2,1-2H3,(H,18,20)/t9-/m1/s1. The summed E-state index contributed by atoms with van der Waals surface area (Å²) in [7, 11) is 0. The van der Waals surface area contributed by atoms with E-state index in [0.29, 0.717) is 5.82 Å². The van der Waals surface area contributed by atoms with Crippen molar-refractivity contribution in [3.05, 3.63) is 42.0 Å². The SMILES string of the molecule is CCCn1ncnc1[C@@H](C)NC(=O)c1ccncc1F. The monoisotopic (exact) mass is 277 g/mol. The molecule has 0 radical (unpaired) electrons. The van der Waals surface area contributed by atoms with Crippen molar-refractivity contribution < 1.29 is 9.18 Å². The van der Waals surface area contributed by atoms with Crippen molar-refractivity contribution in [2.24, 2.45) is 0 Å². The van der Waals surface area contributed by atoms with E-state index in [-0.39, 0.29) is 11.6 Å². The van der Waals surface area contributed by atoms with Crippen molar-refractivity contribution in [1.29, 1.82) is 0 Å². The van der Waals surface area contributed by atoms with Crippen LogP contribution in [0.1, 0.15) is 42.5 Å². The zero-order valence-corrected chi connectivity index (χ0v) is 11.4. The number of carbonyl (C=O) groups is 1. The smallest absolute Gasteiger partial charge is 0.254 e. The van der Waals surface area contributed by atoms with Gasteiger partial charge in [-0.15, -0.1) is 0 Å². The molecule has 0 fully saturated rings. The van der Waals surface area contributed by atoms with Crippen LogP contribution in [0.15, 0.2) is 24.8 Å². The summed E-state index contributed by atoms with van der Waals surface area (Å²) in [5, 5.41) is 6.80. The number of hydrogen-bond donors (Lipinski definition) is 1. The Morgan fingerprint density at radius 2 is 2.35 bits per heavy atom.